The smallest absolute Gasteiger partial charge is 0.261 e. The first-order valence-electron chi connectivity index (χ1n) is 6.88. The molecule has 1 saturated carbocycles. The molecule has 6 heteroatoms. The average Bonchev–Trinajstić information content (AvgIpc) is 3.32. The van der Waals surface area contributed by atoms with E-state index in [1.54, 1.807) is 24.3 Å². The molecule has 2 aromatic rings. The van der Waals surface area contributed by atoms with Crippen LogP contribution in [0.2, 0.25) is 5.02 Å². The van der Waals surface area contributed by atoms with Crippen LogP contribution >= 0.6 is 11.6 Å². The van der Waals surface area contributed by atoms with Gasteiger partial charge in [0.15, 0.2) is 5.78 Å². The topological polar surface area (TPSA) is 63.2 Å². The summed E-state index contributed by atoms with van der Waals surface area (Å²) >= 11 is 5.75. The van der Waals surface area contributed by atoms with Gasteiger partial charge in [-0.25, -0.2) is 8.42 Å². The van der Waals surface area contributed by atoms with Crippen LogP contribution < -0.4 is 4.72 Å². The van der Waals surface area contributed by atoms with Gasteiger partial charge in [-0.05, 0) is 61.4 Å². The highest BCUT2D eigenvalue weighted by Gasteiger charge is 2.30. The van der Waals surface area contributed by atoms with Crippen molar-refractivity contribution in [3.8, 4) is 0 Å². The van der Waals surface area contributed by atoms with Gasteiger partial charge in [-0.3, -0.25) is 9.52 Å². The molecule has 1 N–H and O–H groups in total. The Kier molecular flexibility index (Phi) is 3.93. The second kappa shape index (κ2) is 5.74. The van der Waals surface area contributed by atoms with Crippen LogP contribution in [-0.2, 0) is 10.0 Å². The van der Waals surface area contributed by atoms with Gasteiger partial charge < -0.3 is 0 Å². The van der Waals surface area contributed by atoms with E-state index in [-0.39, 0.29) is 16.6 Å². The summed E-state index contributed by atoms with van der Waals surface area (Å²) in [5.74, 6) is 0.281. The third-order valence-corrected chi connectivity index (χ3v) is 5.14. The molecule has 0 aromatic heterocycles. The van der Waals surface area contributed by atoms with Crippen molar-refractivity contribution in [2.45, 2.75) is 17.7 Å². The molecule has 1 aliphatic carbocycles. The van der Waals surface area contributed by atoms with E-state index < -0.39 is 10.0 Å². The quantitative estimate of drug-likeness (QED) is 0.847. The fourth-order valence-corrected chi connectivity index (χ4v) is 3.30. The highest BCUT2D eigenvalue weighted by Crippen LogP contribution is 2.32. The van der Waals surface area contributed by atoms with Gasteiger partial charge in [0.2, 0.25) is 0 Å². The van der Waals surface area contributed by atoms with Crippen LogP contribution in [-0.4, -0.2) is 14.2 Å². The van der Waals surface area contributed by atoms with Gasteiger partial charge >= 0.3 is 0 Å². The molecule has 22 heavy (non-hydrogen) atoms. The predicted octanol–water partition coefficient (Wildman–Crippen LogP) is 3.73. The molecule has 0 bridgehead atoms. The van der Waals surface area contributed by atoms with Crippen LogP contribution in [0.15, 0.2) is 53.4 Å². The van der Waals surface area contributed by atoms with Crippen molar-refractivity contribution in [3.63, 3.8) is 0 Å². The third-order valence-electron chi connectivity index (χ3n) is 3.49. The van der Waals surface area contributed by atoms with Crippen molar-refractivity contribution in [1.82, 2.24) is 0 Å². The first kappa shape index (κ1) is 15.1. The summed E-state index contributed by atoms with van der Waals surface area (Å²) in [5, 5.41) is 0.474. The molecule has 0 amide bonds. The monoisotopic (exact) mass is 335 g/mol. The van der Waals surface area contributed by atoms with E-state index in [0.717, 1.165) is 12.8 Å². The summed E-state index contributed by atoms with van der Waals surface area (Å²) in [7, 11) is -3.66. The molecule has 0 aliphatic heterocycles. The number of carbonyl (C=O) groups is 1. The Bertz CT molecular complexity index is 794. The van der Waals surface area contributed by atoms with Gasteiger partial charge in [0.1, 0.15) is 0 Å². The maximum absolute atomic E-state index is 12.2. The van der Waals surface area contributed by atoms with Gasteiger partial charge in [-0.15, -0.1) is 0 Å². The van der Waals surface area contributed by atoms with Crippen LogP contribution in [0, 0.1) is 5.92 Å². The molecule has 0 saturated heterocycles. The van der Waals surface area contributed by atoms with Crippen LogP contribution in [0.3, 0.4) is 0 Å². The van der Waals surface area contributed by atoms with Crippen LogP contribution in [0.25, 0.3) is 0 Å². The van der Waals surface area contributed by atoms with Gasteiger partial charge in [-0.2, -0.15) is 0 Å². The summed E-state index contributed by atoms with van der Waals surface area (Å²) in [4.78, 5) is 12.0. The summed E-state index contributed by atoms with van der Waals surface area (Å²) < 4.78 is 26.9. The number of benzene rings is 2. The predicted molar refractivity (Wildman–Crippen MR) is 85.8 cm³/mol. The van der Waals surface area contributed by atoms with Crippen molar-refractivity contribution >= 4 is 33.1 Å². The van der Waals surface area contributed by atoms with Crippen molar-refractivity contribution in [2.75, 3.05) is 4.72 Å². The van der Waals surface area contributed by atoms with Crippen LogP contribution in [0.4, 0.5) is 5.69 Å². The van der Waals surface area contributed by atoms with Crippen LogP contribution in [0.5, 0.6) is 0 Å². The fourth-order valence-electron chi connectivity index (χ4n) is 2.11. The zero-order valence-electron chi connectivity index (χ0n) is 11.6. The maximum Gasteiger partial charge on any atom is 0.261 e. The van der Waals surface area contributed by atoms with E-state index in [1.165, 1.54) is 24.3 Å². The van der Waals surface area contributed by atoms with Crippen molar-refractivity contribution in [3.05, 3.63) is 59.1 Å². The Labute approximate surface area is 134 Å². The minimum Gasteiger partial charge on any atom is -0.294 e. The van der Waals surface area contributed by atoms with Crippen molar-refractivity contribution in [1.29, 1.82) is 0 Å². The SMILES string of the molecule is O=C(c1ccc(NS(=O)(=O)c2ccc(Cl)cc2)cc1)C1CC1. The second-order valence-electron chi connectivity index (χ2n) is 5.28. The lowest BCUT2D eigenvalue weighted by Crippen LogP contribution is -2.13. The number of sulfonamides is 1. The minimum atomic E-state index is -3.66. The molecule has 2 aromatic carbocycles. The second-order valence-corrected chi connectivity index (χ2v) is 7.39. The van der Waals surface area contributed by atoms with E-state index in [2.05, 4.69) is 4.72 Å². The minimum absolute atomic E-state index is 0.132. The zero-order chi connectivity index (χ0) is 15.7. The largest absolute Gasteiger partial charge is 0.294 e. The summed E-state index contributed by atoms with van der Waals surface area (Å²) in [6.45, 7) is 0. The Morgan fingerprint density at radius 1 is 1.00 bits per heavy atom. The number of hydrogen-bond acceptors (Lipinski definition) is 3. The number of carbonyl (C=O) groups excluding carboxylic acids is 1. The molecular weight excluding hydrogens is 322 g/mol. The van der Waals surface area contributed by atoms with Gasteiger partial charge in [-0.1, -0.05) is 11.6 Å². The Hall–Kier alpha value is -1.85. The lowest BCUT2D eigenvalue weighted by Gasteiger charge is -2.08. The number of halogens is 1. The van der Waals surface area contributed by atoms with Crippen LogP contribution in [0.1, 0.15) is 23.2 Å². The van der Waals surface area contributed by atoms with Gasteiger partial charge in [0, 0.05) is 22.2 Å². The Balaban J connectivity index is 1.77. The van der Waals surface area contributed by atoms with Crippen molar-refractivity contribution in [2.24, 2.45) is 5.92 Å². The zero-order valence-corrected chi connectivity index (χ0v) is 13.2. The number of nitrogens with one attached hydrogen (secondary N) is 1. The summed E-state index contributed by atoms with van der Waals surface area (Å²) in [5.41, 5.74) is 1.04. The molecule has 1 aliphatic rings. The molecular formula is C16H14ClNO3S. The molecule has 0 spiro atoms. The summed E-state index contributed by atoms with van der Waals surface area (Å²) in [6, 6.07) is 12.4. The molecule has 0 heterocycles. The number of rotatable bonds is 5. The van der Waals surface area contributed by atoms with Crippen molar-refractivity contribution < 1.29 is 13.2 Å². The highest BCUT2D eigenvalue weighted by atomic mass is 35.5. The number of ketones is 1. The normalized spacial score (nSPS) is 14.6. The van der Waals surface area contributed by atoms with E-state index in [4.69, 9.17) is 11.6 Å². The Morgan fingerprint density at radius 2 is 1.59 bits per heavy atom. The fraction of sp³-hybridized carbons (Fsp3) is 0.188. The van der Waals surface area contributed by atoms with E-state index in [1.807, 2.05) is 0 Å². The average molecular weight is 336 g/mol. The molecule has 0 atom stereocenters. The maximum atomic E-state index is 12.2. The molecule has 1 fully saturated rings. The summed E-state index contributed by atoms with van der Waals surface area (Å²) in [6.07, 6.45) is 1.90. The van der Waals surface area contributed by atoms with E-state index >= 15 is 0 Å². The first-order chi connectivity index (χ1) is 10.5. The molecule has 4 nitrogen and oxygen atoms in total. The lowest BCUT2D eigenvalue weighted by molar-refractivity contribution is 0.0967. The first-order valence-corrected chi connectivity index (χ1v) is 8.74. The van der Waals surface area contributed by atoms with Gasteiger partial charge in [0.05, 0.1) is 4.90 Å². The molecule has 0 radical (unpaired) electrons. The number of anilines is 1. The Morgan fingerprint density at radius 3 is 2.14 bits per heavy atom. The van der Waals surface area contributed by atoms with Gasteiger partial charge in [0.25, 0.3) is 10.0 Å². The molecule has 3 rings (SSSR count). The lowest BCUT2D eigenvalue weighted by atomic mass is 10.1. The molecule has 114 valence electrons. The van der Waals surface area contributed by atoms with E-state index in [9.17, 15) is 13.2 Å². The third kappa shape index (κ3) is 3.31. The van der Waals surface area contributed by atoms with E-state index in [0.29, 0.717) is 16.3 Å². The highest BCUT2D eigenvalue weighted by molar-refractivity contribution is 7.92. The standard InChI is InChI=1S/C16H14ClNO3S/c17-13-5-9-15(10-6-13)22(20,21)18-14-7-3-12(4-8-14)16(19)11-1-2-11/h3-11,18H,1-2H2. The number of hydrogen-bond donors (Lipinski definition) is 1. The number of Topliss-reactive ketones (excluding diaryl/α,β-unsaturated/α-hetero) is 1. The molecule has 0 unspecified atom stereocenters.